The summed E-state index contributed by atoms with van der Waals surface area (Å²) < 4.78 is 14.1. The fraction of sp³-hybridized carbons (Fsp3) is 0.0833. The predicted octanol–water partition coefficient (Wildman–Crippen LogP) is 4.08. The summed E-state index contributed by atoms with van der Waals surface area (Å²) in [5.74, 6) is -0.666. The summed E-state index contributed by atoms with van der Waals surface area (Å²) in [5, 5.41) is 3.80. The second-order valence-corrected chi connectivity index (χ2v) is 5.05. The second kappa shape index (κ2) is 4.89. The van der Waals surface area contributed by atoms with E-state index in [9.17, 15) is 9.18 Å². The lowest BCUT2D eigenvalue weighted by atomic mass is 10.0. The number of hydrogen-bond acceptors (Lipinski definition) is 2. The lowest BCUT2D eigenvalue weighted by molar-refractivity contribution is 0.0989. The van der Waals surface area contributed by atoms with Gasteiger partial charge in [0.25, 0.3) is 0 Å². The van der Waals surface area contributed by atoms with Gasteiger partial charge >= 0.3 is 0 Å². The summed E-state index contributed by atoms with van der Waals surface area (Å²) in [6, 6.07) is 6.27. The zero-order valence-corrected chi connectivity index (χ0v) is 10.6. The van der Waals surface area contributed by atoms with E-state index < -0.39 is 5.82 Å². The highest BCUT2D eigenvalue weighted by molar-refractivity contribution is 9.10. The van der Waals surface area contributed by atoms with Crippen molar-refractivity contribution in [3.63, 3.8) is 0 Å². The summed E-state index contributed by atoms with van der Waals surface area (Å²) in [4.78, 5) is 11.8. The number of halogens is 2. The molecule has 2 aromatic rings. The lowest BCUT2D eigenvalue weighted by Gasteiger charge is -2.02. The molecule has 0 saturated carbocycles. The Hall–Kier alpha value is -1.00. The smallest absolute Gasteiger partial charge is 0.170 e. The number of carbonyl (C=O) groups excluding carboxylic acids is 1. The van der Waals surface area contributed by atoms with Crippen molar-refractivity contribution in [2.45, 2.75) is 6.42 Å². The van der Waals surface area contributed by atoms with E-state index in [1.54, 1.807) is 6.07 Å². The minimum absolute atomic E-state index is 0.139. The summed E-state index contributed by atoms with van der Waals surface area (Å²) >= 11 is 4.75. The van der Waals surface area contributed by atoms with Crippen molar-refractivity contribution >= 4 is 33.0 Å². The van der Waals surface area contributed by atoms with Crippen LogP contribution in [0.25, 0.3) is 0 Å². The Morgan fingerprint density at radius 2 is 2.19 bits per heavy atom. The van der Waals surface area contributed by atoms with Gasteiger partial charge in [-0.05, 0) is 40.6 Å². The summed E-state index contributed by atoms with van der Waals surface area (Å²) in [6.45, 7) is 0. The Balaban J connectivity index is 2.24. The van der Waals surface area contributed by atoms with Gasteiger partial charge < -0.3 is 0 Å². The standard InChI is InChI=1S/C12H8BrFOS/c13-9-1-2-11(14)10(6-9)12(15)5-8-3-4-16-7-8/h1-4,6-7H,5H2. The molecule has 0 unspecified atom stereocenters. The van der Waals surface area contributed by atoms with Gasteiger partial charge in [-0.3, -0.25) is 4.79 Å². The van der Waals surface area contributed by atoms with E-state index >= 15 is 0 Å². The minimum atomic E-state index is -0.469. The molecular weight excluding hydrogens is 291 g/mol. The molecule has 0 aliphatic heterocycles. The third-order valence-electron chi connectivity index (χ3n) is 2.17. The molecule has 2 rings (SSSR count). The second-order valence-electron chi connectivity index (χ2n) is 3.36. The fourth-order valence-electron chi connectivity index (χ4n) is 1.39. The highest BCUT2D eigenvalue weighted by Crippen LogP contribution is 2.18. The molecule has 4 heteroatoms. The zero-order valence-electron chi connectivity index (χ0n) is 8.24. The van der Waals surface area contributed by atoms with Crippen LogP contribution < -0.4 is 0 Å². The van der Waals surface area contributed by atoms with E-state index in [1.165, 1.54) is 23.5 Å². The Labute approximate surface area is 105 Å². The molecule has 16 heavy (non-hydrogen) atoms. The molecule has 0 saturated heterocycles. The third kappa shape index (κ3) is 2.57. The molecular formula is C12H8BrFOS. The molecule has 0 atom stereocenters. The van der Waals surface area contributed by atoms with Crippen LogP contribution >= 0.6 is 27.3 Å². The van der Waals surface area contributed by atoms with E-state index in [-0.39, 0.29) is 17.8 Å². The number of carbonyl (C=O) groups is 1. The molecule has 82 valence electrons. The topological polar surface area (TPSA) is 17.1 Å². The van der Waals surface area contributed by atoms with Crippen LogP contribution in [-0.4, -0.2) is 5.78 Å². The normalized spacial score (nSPS) is 10.4. The molecule has 0 bridgehead atoms. The molecule has 1 heterocycles. The number of ketones is 1. The highest BCUT2D eigenvalue weighted by Gasteiger charge is 2.12. The van der Waals surface area contributed by atoms with Crippen molar-refractivity contribution in [2.75, 3.05) is 0 Å². The molecule has 0 aliphatic rings. The third-order valence-corrected chi connectivity index (χ3v) is 3.40. The highest BCUT2D eigenvalue weighted by atomic mass is 79.9. The van der Waals surface area contributed by atoms with Crippen LogP contribution in [0.3, 0.4) is 0 Å². The van der Waals surface area contributed by atoms with Crippen molar-refractivity contribution in [1.82, 2.24) is 0 Å². The maximum Gasteiger partial charge on any atom is 0.170 e. The first kappa shape index (κ1) is 11.5. The lowest BCUT2D eigenvalue weighted by Crippen LogP contribution is -2.05. The molecule has 1 aromatic carbocycles. The van der Waals surface area contributed by atoms with Crippen molar-refractivity contribution in [2.24, 2.45) is 0 Å². The SMILES string of the molecule is O=C(Cc1ccsc1)c1cc(Br)ccc1F. The molecule has 0 fully saturated rings. The summed E-state index contributed by atoms with van der Waals surface area (Å²) in [6.07, 6.45) is 0.247. The van der Waals surface area contributed by atoms with E-state index in [4.69, 9.17) is 0 Å². The first-order chi connectivity index (χ1) is 7.66. The van der Waals surface area contributed by atoms with E-state index in [2.05, 4.69) is 15.9 Å². The predicted molar refractivity (Wildman–Crippen MR) is 66.5 cm³/mol. The quantitative estimate of drug-likeness (QED) is 0.781. The van der Waals surface area contributed by atoms with Crippen LogP contribution in [0.5, 0.6) is 0 Å². The summed E-state index contributed by atoms with van der Waals surface area (Å²) in [5.41, 5.74) is 1.06. The number of rotatable bonds is 3. The average molecular weight is 299 g/mol. The average Bonchev–Trinajstić information content (AvgIpc) is 2.74. The van der Waals surface area contributed by atoms with E-state index in [0.717, 1.165) is 5.56 Å². The van der Waals surface area contributed by atoms with Gasteiger partial charge in [-0.2, -0.15) is 11.3 Å². The molecule has 1 nitrogen and oxygen atoms in total. The van der Waals surface area contributed by atoms with Gasteiger partial charge in [-0.1, -0.05) is 15.9 Å². The summed E-state index contributed by atoms with van der Waals surface area (Å²) in [7, 11) is 0. The maximum atomic E-state index is 13.4. The Morgan fingerprint density at radius 3 is 2.88 bits per heavy atom. The monoisotopic (exact) mass is 298 g/mol. The van der Waals surface area contributed by atoms with Crippen LogP contribution in [0.15, 0.2) is 39.5 Å². The number of hydrogen-bond donors (Lipinski definition) is 0. The van der Waals surface area contributed by atoms with Crippen LogP contribution in [0.2, 0.25) is 0 Å². The molecule has 0 amide bonds. The van der Waals surface area contributed by atoms with Crippen molar-refractivity contribution in [3.05, 3.63) is 56.4 Å². The molecule has 0 N–H and O–H groups in total. The molecule has 0 spiro atoms. The van der Waals surface area contributed by atoms with Crippen LogP contribution in [-0.2, 0) is 6.42 Å². The first-order valence-electron chi connectivity index (χ1n) is 4.66. The van der Waals surface area contributed by atoms with Crippen LogP contribution in [0, 0.1) is 5.82 Å². The van der Waals surface area contributed by atoms with Crippen LogP contribution in [0.1, 0.15) is 15.9 Å². The number of benzene rings is 1. The van der Waals surface area contributed by atoms with Gasteiger partial charge in [0.1, 0.15) is 5.82 Å². The molecule has 1 aromatic heterocycles. The zero-order chi connectivity index (χ0) is 11.5. The van der Waals surface area contributed by atoms with E-state index in [0.29, 0.717) is 4.47 Å². The maximum absolute atomic E-state index is 13.4. The molecule has 0 radical (unpaired) electrons. The largest absolute Gasteiger partial charge is 0.294 e. The molecule has 0 aliphatic carbocycles. The minimum Gasteiger partial charge on any atom is -0.294 e. The Morgan fingerprint density at radius 1 is 1.38 bits per heavy atom. The first-order valence-corrected chi connectivity index (χ1v) is 6.40. The van der Waals surface area contributed by atoms with Gasteiger partial charge in [0.2, 0.25) is 0 Å². The number of thiophene rings is 1. The fourth-order valence-corrected chi connectivity index (χ4v) is 2.41. The Kier molecular flexibility index (Phi) is 3.51. The van der Waals surface area contributed by atoms with Crippen molar-refractivity contribution in [1.29, 1.82) is 0 Å². The number of Topliss-reactive ketones (excluding diaryl/α,β-unsaturated/α-hetero) is 1. The van der Waals surface area contributed by atoms with Gasteiger partial charge in [0.15, 0.2) is 5.78 Å². The van der Waals surface area contributed by atoms with Gasteiger partial charge in [-0.25, -0.2) is 4.39 Å². The van der Waals surface area contributed by atoms with E-state index in [1.807, 2.05) is 16.8 Å². The van der Waals surface area contributed by atoms with Crippen LogP contribution in [0.4, 0.5) is 4.39 Å². The van der Waals surface area contributed by atoms with Gasteiger partial charge in [0.05, 0.1) is 5.56 Å². The van der Waals surface area contributed by atoms with Crippen molar-refractivity contribution in [3.8, 4) is 0 Å². The Bertz CT molecular complexity index is 508. The van der Waals surface area contributed by atoms with Gasteiger partial charge in [0, 0.05) is 10.9 Å². The van der Waals surface area contributed by atoms with Crippen molar-refractivity contribution < 1.29 is 9.18 Å². The van der Waals surface area contributed by atoms with Gasteiger partial charge in [-0.15, -0.1) is 0 Å².